The molecule has 1 aromatic heterocycles. The van der Waals surface area contributed by atoms with Crippen LogP contribution in [0.4, 0.5) is 15.5 Å². The van der Waals surface area contributed by atoms with Gasteiger partial charge in [-0.3, -0.25) is 5.32 Å². The fourth-order valence-corrected chi connectivity index (χ4v) is 3.32. The van der Waals surface area contributed by atoms with Crippen LogP contribution in [0.25, 0.3) is 10.4 Å². The van der Waals surface area contributed by atoms with Crippen molar-refractivity contribution in [2.45, 2.75) is 6.42 Å². The lowest BCUT2D eigenvalue weighted by molar-refractivity contribution is 0.262. The second-order valence-electron chi connectivity index (χ2n) is 5.24. The topological polar surface area (TPSA) is 61.4 Å². The number of carbonyl (C=O) groups is 1. The van der Waals surface area contributed by atoms with E-state index >= 15 is 0 Å². The summed E-state index contributed by atoms with van der Waals surface area (Å²) < 4.78 is 0. The standard InChI is InChI=1S/C19H18N2O2S/c22-13-12-14-6-4-5-9-16(14)20-19(23)21-18-11-10-17(24-18)15-7-2-1-3-8-15/h1-11,22H,12-13H2,(H2,20,21,23). The molecule has 0 aliphatic heterocycles. The zero-order valence-electron chi connectivity index (χ0n) is 13.0. The van der Waals surface area contributed by atoms with Gasteiger partial charge in [0.25, 0.3) is 0 Å². The van der Waals surface area contributed by atoms with Crippen molar-refractivity contribution < 1.29 is 9.90 Å². The largest absolute Gasteiger partial charge is 0.396 e. The van der Waals surface area contributed by atoms with Gasteiger partial charge in [-0.25, -0.2) is 4.79 Å². The quantitative estimate of drug-likeness (QED) is 0.637. The van der Waals surface area contributed by atoms with E-state index in [0.29, 0.717) is 12.1 Å². The van der Waals surface area contributed by atoms with Crippen LogP contribution in [0.15, 0.2) is 66.7 Å². The average molecular weight is 338 g/mol. The molecule has 0 saturated heterocycles. The summed E-state index contributed by atoms with van der Waals surface area (Å²) in [6.45, 7) is 0.0473. The molecule has 3 aromatic rings. The number of nitrogens with one attached hydrogen (secondary N) is 2. The number of rotatable bonds is 5. The number of carbonyl (C=O) groups excluding carboxylic acids is 1. The molecule has 0 fully saturated rings. The molecule has 2 aromatic carbocycles. The van der Waals surface area contributed by atoms with Gasteiger partial charge in [-0.05, 0) is 35.7 Å². The second kappa shape index (κ2) is 7.77. The van der Waals surface area contributed by atoms with E-state index in [2.05, 4.69) is 10.6 Å². The molecule has 0 unspecified atom stereocenters. The number of urea groups is 1. The highest BCUT2D eigenvalue weighted by atomic mass is 32.1. The number of aliphatic hydroxyl groups excluding tert-OH is 1. The van der Waals surface area contributed by atoms with Crippen LogP contribution in [0.1, 0.15) is 5.56 Å². The van der Waals surface area contributed by atoms with Crippen molar-refractivity contribution in [1.82, 2.24) is 0 Å². The first-order chi connectivity index (χ1) is 11.8. The molecule has 0 spiro atoms. The van der Waals surface area contributed by atoms with Gasteiger partial charge >= 0.3 is 6.03 Å². The van der Waals surface area contributed by atoms with Gasteiger partial charge in [0.2, 0.25) is 0 Å². The predicted molar refractivity (Wildman–Crippen MR) is 99.6 cm³/mol. The first-order valence-electron chi connectivity index (χ1n) is 7.68. The van der Waals surface area contributed by atoms with Gasteiger partial charge < -0.3 is 10.4 Å². The third-order valence-corrected chi connectivity index (χ3v) is 4.60. The van der Waals surface area contributed by atoms with Gasteiger partial charge in [0.15, 0.2) is 0 Å². The maximum Gasteiger partial charge on any atom is 0.324 e. The minimum atomic E-state index is -0.290. The van der Waals surface area contributed by atoms with Crippen LogP contribution in [0, 0.1) is 0 Å². The van der Waals surface area contributed by atoms with E-state index in [0.717, 1.165) is 21.0 Å². The van der Waals surface area contributed by atoms with E-state index in [1.54, 1.807) is 0 Å². The van der Waals surface area contributed by atoms with Crippen molar-refractivity contribution >= 4 is 28.1 Å². The molecule has 4 nitrogen and oxygen atoms in total. The molecule has 2 amide bonds. The minimum Gasteiger partial charge on any atom is -0.396 e. The summed E-state index contributed by atoms with van der Waals surface area (Å²) in [5, 5.41) is 15.6. The summed E-state index contributed by atoms with van der Waals surface area (Å²) in [5.41, 5.74) is 2.75. The van der Waals surface area contributed by atoms with Crippen LogP contribution in [0.2, 0.25) is 0 Å². The Balaban J connectivity index is 1.67. The minimum absolute atomic E-state index is 0.0473. The summed E-state index contributed by atoms with van der Waals surface area (Å²) in [5.74, 6) is 0. The molecule has 0 radical (unpaired) electrons. The smallest absolute Gasteiger partial charge is 0.324 e. The normalized spacial score (nSPS) is 10.4. The van der Waals surface area contributed by atoms with Gasteiger partial charge in [-0.1, -0.05) is 48.5 Å². The summed E-state index contributed by atoms with van der Waals surface area (Å²) in [7, 11) is 0. The third-order valence-electron chi connectivity index (χ3n) is 3.55. The number of amides is 2. The predicted octanol–water partition coefficient (Wildman–Crippen LogP) is 4.59. The summed E-state index contributed by atoms with van der Waals surface area (Å²) in [6, 6.07) is 21.1. The molecule has 1 heterocycles. The Bertz CT molecular complexity index is 815. The zero-order chi connectivity index (χ0) is 16.8. The molecular formula is C19H18N2O2S. The van der Waals surface area contributed by atoms with Crippen molar-refractivity contribution in [3.8, 4) is 10.4 Å². The lowest BCUT2D eigenvalue weighted by atomic mass is 10.1. The van der Waals surface area contributed by atoms with Gasteiger partial charge in [0.05, 0.1) is 5.00 Å². The van der Waals surface area contributed by atoms with Crippen LogP contribution in [-0.2, 0) is 6.42 Å². The number of benzene rings is 2. The SMILES string of the molecule is O=C(Nc1ccc(-c2ccccc2)s1)Nc1ccccc1CCO. The van der Waals surface area contributed by atoms with Crippen LogP contribution < -0.4 is 10.6 Å². The van der Waals surface area contributed by atoms with Crippen LogP contribution in [0.5, 0.6) is 0 Å². The maximum absolute atomic E-state index is 12.2. The molecule has 0 saturated carbocycles. The Hall–Kier alpha value is -2.63. The Morgan fingerprint density at radius 2 is 1.67 bits per heavy atom. The molecule has 0 aliphatic rings. The fourth-order valence-electron chi connectivity index (χ4n) is 2.41. The molecule has 24 heavy (non-hydrogen) atoms. The summed E-state index contributed by atoms with van der Waals surface area (Å²) in [4.78, 5) is 13.3. The Labute approximate surface area is 144 Å². The van der Waals surface area contributed by atoms with E-state index in [4.69, 9.17) is 5.11 Å². The maximum atomic E-state index is 12.2. The van der Waals surface area contributed by atoms with Crippen molar-refractivity contribution in [2.24, 2.45) is 0 Å². The molecule has 0 aliphatic carbocycles. The Morgan fingerprint density at radius 1 is 0.917 bits per heavy atom. The monoisotopic (exact) mass is 338 g/mol. The number of thiophene rings is 1. The molecule has 0 bridgehead atoms. The number of hydrogen-bond acceptors (Lipinski definition) is 3. The van der Waals surface area contributed by atoms with Crippen LogP contribution in [-0.4, -0.2) is 17.7 Å². The Morgan fingerprint density at radius 3 is 2.46 bits per heavy atom. The number of anilines is 2. The molecule has 122 valence electrons. The van der Waals surface area contributed by atoms with E-state index in [9.17, 15) is 4.79 Å². The fraction of sp³-hybridized carbons (Fsp3) is 0.105. The Kier molecular flexibility index (Phi) is 5.25. The highest BCUT2D eigenvalue weighted by Gasteiger charge is 2.08. The number of para-hydroxylation sites is 1. The van der Waals surface area contributed by atoms with Crippen LogP contribution in [0.3, 0.4) is 0 Å². The summed E-state index contributed by atoms with van der Waals surface area (Å²) >= 11 is 1.53. The first-order valence-corrected chi connectivity index (χ1v) is 8.50. The van der Waals surface area contributed by atoms with E-state index in [-0.39, 0.29) is 12.6 Å². The molecule has 0 atom stereocenters. The summed E-state index contributed by atoms with van der Waals surface area (Å²) in [6.07, 6.45) is 0.508. The van der Waals surface area contributed by atoms with E-state index in [1.807, 2.05) is 66.7 Å². The second-order valence-corrected chi connectivity index (χ2v) is 6.32. The molecule has 3 N–H and O–H groups in total. The van der Waals surface area contributed by atoms with Crippen molar-refractivity contribution in [3.05, 3.63) is 72.3 Å². The van der Waals surface area contributed by atoms with Crippen LogP contribution >= 0.6 is 11.3 Å². The van der Waals surface area contributed by atoms with Crippen molar-refractivity contribution in [2.75, 3.05) is 17.2 Å². The van der Waals surface area contributed by atoms with Crippen molar-refractivity contribution in [1.29, 1.82) is 0 Å². The highest BCUT2D eigenvalue weighted by molar-refractivity contribution is 7.19. The zero-order valence-corrected chi connectivity index (χ0v) is 13.8. The first kappa shape index (κ1) is 16.2. The third kappa shape index (κ3) is 4.01. The lowest BCUT2D eigenvalue weighted by Crippen LogP contribution is -2.19. The number of aliphatic hydroxyl groups is 1. The molecule has 3 rings (SSSR count). The van der Waals surface area contributed by atoms with E-state index in [1.165, 1.54) is 11.3 Å². The highest BCUT2D eigenvalue weighted by Crippen LogP contribution is 2.31. The van der Waals surface area contributed by atoms with Gasteiger partial charge in [0, 0.05) is 17.2 Å². The van der Waals surface area contributed by atoms with Gasteiger partial charge in [0.1, 0.15) is 0 Å². The van der Waals surface area contributed by atoms with Gasteiger partial charge in [-0.2, -0.15) is 0 Å². The number of hydrogen-bond donors (Lipinski definition) is 3. The lowest BCUT2D eigenvalue weighted by Gasteiger charge is -2.10. The van der Waals surface area contributed by atoms with Gasteiger partial charge in [-0.15, -0.1) is 11.3 Å². The van der Waals surface area contributed by atoms with Crippen molar-refractivity contribution in [3.63, 3.8) is 0 Å². The van der Waals surface area contributed by atoms with E-state index < -0.39 is 0 Å². The molecular weight excluding hydrogens is 320 g/mol. The molecule has 5 heteroatoms. The average Bonchev–Trinajstić information content (AvgIpc) is 3.06.